The minimum absolute atomic E-state index is 0. The molecule has 236 valence electrons. The summed E-state index contributed by atoms with van der Waals surface area (Å²) in [4.78, 5) is 14.1. The lowest BCUT2D eigenvalue weighted by atomic mass is 9.79. The number of hydrogen-bond donors (Lipinski definition) is 2. The first-order valence-corrected chi connectivity index (χ1v) is 15.5. The SMILES string of the molecule is C[N+]1=C(C=CC=C2N(CCCCCC(=O)NN)c3ccc4ccccc4c3C2(C)C)C(C)(C)c2c1ccc1ccccc21.Cl.[Cl-]. The van der Waals surface area contributed by atoms with Crippen molar-refractivity contribution in [3.63, 3.8) is 0 Å². The van der Waals surface area contributed by atoms with Gasteiger partial charge in [0.15, 0.2) is 5.71 Å². The van der Waals surface area contributed by atoms with E-state index in [1.165, 1.54) is 55.5 Å². The summed E-state index contributed by atoms with van der Waals surface area (Å²) in [7, 11) is 2.19. The number of unbranched alkanes of at least 4 members (excludes halogenated alkanes) is 2. The first-order valence-electron chi connectivity index (χ1n) is 15.5. The maximum atomic E-state index is 11.6. The van der Waals surface area contributed by atoms with Crippen LogP contribution in [0.25, 0.3) is 21.5 Å². The average molecular weight is 644 g/mol. The molecule has 0 aromatic heterocycles. The van der Waals surface area contributed by atoms with Crippen molar-refractivity contribution in [3.8, 4) is 0 Å². The molecule has 2 aliphatic rings. The van der Waals surface area contributed by atoms with Crippen LogP contribution in [0.1, 0.15) is 64.5 Å². The van der Waals surface area contributed by atoms with Crippen molar-refractivity contribution in [2.75, 3.05) is 18.5 Å². The number of hydrazine groups is 1. The molecule has 1 amide bonds. The van der Waals surface area contributed by atoms with E-state index in [4.69, 9.17) is 5.84 Å². The zero-order valence-corrected chi connectivity index (χ0v) is 28.4. The molecule has 0 atom stereocenters. The molecule has 0 fully saturated rings. The zero-order valence-electron chi connectivity index (χ0n) is 26.9. The fourth-order valence-electron chi connectivity index (χ4n) is 7.50. The van der Waals surface area contributed by atoms with Crippen LogP contribution >= 0.6 is 12.4 Å². The molecule has 0 saturated heterocycles. The summed E-state index contributed by atoms with van der Waals surface area (Å²) < 4.78 is 2.36. The molecular formula is C38H44Cl2N4O. The van der Waals surface area contributed by atoms with Gasteiger partial charge in [-0.25, -0.2) is 5.84 Å². The topological polar surface area (TPSA) is 61.4 Å². The van der Waals surface area contributed by atoms with Gasteiger partial charge in [-0.05, 0) is 72.0 Å². The molecule has 0 aliphatic carbocycles. The number of benzene rings is 4. The Balaban J connectivity index is 0.00000230. The number of nitrogens with two attached hydrogens (primary N) is 1. The molecular weight excluding hydrogens is 599 g/mol. The second kappa shape index (κ2) is 13.4. The molecule has 0 unspecified atom stereocenters. The van der Waals surface area contributed by atoms with E-state index in [-0.39, 0.29) is 41.6 Å². The van der Waals surface area contributed by atoms with E-state index in [1.807, 2.05) is 0 Å². The minimum atomic E-state index is -0.166. The Kier molecular flexibility index (Phi) is 10.2. The van der Waals surface area contributed by atoms with Gasteiger partial charge in [0.1, 0.15) is 7.05 Å². The first-order chi connectivity index (χ1) is 20.7. The van der Waals surface area contributed by atoms with Gasteiger partial charge in [-0.15, -0.1) is 12.4 Å². The predicted octanol–water partition coefficient (Wildman–Crippen LogP) is 5.21. The molecule has 0 saturated carbocycles. The van der Waals surface area contributed by atoms with Gasteiger partial charge in [0.05, 0.1) is 5.41 Å². The highest BCUT2D eigenvalue weighted by atomic mass is 35.5. The molecule has 0 radical (unpaired) electrons. The van der Waals surface area contributed by atoms with E-state index in [2.05, 4.69) is 141 Å². The highest BCUT2D eigenvalue weighted by Crippen LogP contribution is 2.51. The average Bonchev–Trinajstić information content (AvgIpc) is 3.35. The summed E-state index contributed by atoms with van der Waals surface area (Å²) in [6, 6.07) is 26.5. The maximum absolute atomic E-state index is 11.6. The smallest absolute Gasteiger partial charge is 0.233 e. The second-order valence-corrected chi connectivity index (χ2v) is 13.0. The number of anilines is 1. The van der Waals surface area contributed by atoms with Crippen LogP contribution in [0, 0.1) is 0 Å². The van der Waals surface area contributed by atoms with E-state index in [0.717, 1.165) is 25.8 Å². The Bertz CT molecular complexity index is 1840. The standard InChI is InChI=1S/C38H42N4O.2ClH/c1-37(2)32(41(5)30-23-21-26-14-8-10-16-28(26)35(30)37)18-13-19-33-38(3,4)36-29-17-11-9-15-27(29)22-24-31(36)42(33)25-12-6-7-20-34(43)40-39;;/h8-11,13-19,21-24H,6-7,12,20,25,39H2,1-5H3;2*1H. The number of carbonyl (C=O) groups is 1. The fraction of sp³-hybridized carbons (Fsp3) is 0.316. The van der Waals surface area contributed by atoms with Gasteiger partial charge >= 0.3 is 0 Å². The number of rotatable bonds is 8. The number of nitrogens with one attached hydrogen (secondary N) is 1. The molecule has 5 nitrogen and oxygen atoms in total. The Morgan fingerprint density at radius 1 is 0.844 bits per heavy atom. The number of carbonyl (C=O) groups excluding carboxylic acids is 1. The van der Waals surface area contributed by atoms with Gasteiger partial charge in [-0.2, -0.15) is 4.58 Å². The van der Waals surface area contributed by atoms with Crippen LogP contribution in [-0.4, -0.2) is 29.8 Å². The lowest BCUT2D eigenvalue weighted by molar-refractivity contribution is -0.401. The molecule has 4 aromatic carbocycles. The Hall–Kier alpha value is -3.64. The molecule has 45 heavy (non-hydrogen) atoms. The van der Waals surface area contributed by atoms with Gasteiger partial charge in [-0.3, -0.25) is 10.2 Å². The summed E-state index contributed by atoms with van der Waals surface area (Å²) >= 11 is 0. The van der Waals surface area contributed by atoms with Crippen molar-refractivity contribution in [1.82, 2.24) is 5.43 Å². The number of allylic oxidation sites excluding steroid dienone is 4. The summed E-state index contributed by atoms with van der Waals surface area (Å²) in [6.45, 7) is 10.3. The van der Waals surface area contributed by atoms with E-state index < -0.39 is 0 Å². The number of nitrogens with zero attached hydrogens (tertiary/aromatic N) is 2. The van der Waals surface area contributed by atoms with Crippen LogP contribution < -0.4 is 28.6 Å². The third kappa shape index (κ3) is 5.90. The number of hydrogen-bond acceptors (Lipinski definition) is 3. The van der Waals surface area contributed by atoms with Crippen LogP contribution in [0.4, 0.5) is 11.4 Å². The molecule has 0 bridgehead atoms. The molecule has 7 heteroatoms. The quantitative estimate of drug-likeness (QED) is 0.0912. The third-order valence-electron chi connectivity index (χ3n) is 9.60. The summed E-state index contributed by atoms with van der Waals surface area (Å²) in [5.41, 5.74) is 9.89. The minimum Gasteiger partial charge on any atom is -1.00 e. The number of amides is 1. The molecule has 3 N–H and O–H groups in total. The summed E-state index contributed by atoms with van der Waals surface area (Å²) in [5.74, 6) is 5.17. The van der Waals surface area contributed by atoms with E-state index in [0.29, 0.717) is 6.42 Å². The van der Waals surface area contributed by atoms with Crippen LogP contribution in [0.5, 0.6) is 0 Å². The first kappa shape index (κ1) is 34.2. The summed E-state index contributed by atoms with van der Waals surface area (Å²) in [6.07, 6.45) is 10.2. The van der Waals surface area contributed by atoms with Crippen LogP contribution in [-0.2, 0) is 15.6 Å². The Morgan fingerprint density at radius 3 is 2.13 bits per heavy atom. The van der Waals surface area contributed by atoms with Gasteiger partial charge in [0, 0.05) is 47.5 Å². The zero-order chi connectivity index (χ0) is 30.4. The number of fused-ring (bicyclic) bond motifs is 6. The van der Waals surface area contributed by atoms with Crippen molar-refractivity contribution >= 4 is 56.9 Å². The van der Waals surface area contributed by atoms with Crippen molar-refractivity contribution < 1.29 is 21.8 Å². The predicted molar refractivity (Wildman–Crippen MR) is 187 cm³/mol. The highest BCUT2D eigenvalue weighted by Gasteiger charge is 2.44. The van der Waals surface area contributed by atoms with Gasteiger partial charge < -0.3 is 17.3 Å². The third-order valence-corrected chi connectivity index (χ3v) is 9.60. The van der Waals surface area contributed by atoms with Gasteiger partial charge in [0.25, 0.3) is 0 Å². The Morgan fingerprint density at radius 2 is 1.47 bits per heavy atom. The highest BCUT2D eigenvalue weighted by molar-refractivity contribution is 6.07. The fourth-order valence-corrected chi connectivity index (χ4v) is 7.50. The molecule has 2 aliphatic heterocycles. The van der Waals surface area contributed by atoms with Crippen LogP contribution in [0.2, 0.25) is 0 Å². The van der Waals surface area contributed by atoms with Crippen LogP contribution in [0.3, 0.4) is 0 Å². The van der Waals surface area contributed by atoms with E-state index >= 15 is 0 Å². The molecule has 4 aromatic rings. The molecule has 2 heterocycles. The van der Waals surface area contributed by atoms with Crippen LogP contribution in [0.15, 0.2) is 96.7 Å². The van der Waals surface area contributed by atoms with Crippen molar-refractivity contribution in [1.29, 1.82) is 0 Å². The maximum Gasteiger partial charge on any atom is 0.233 e. The van der Waals surface area contributed by atoms with E-state index in [1.54, 1.807) is 0 Å². The normalized spacial score (nSPS) is 17.0. The van der Waals surface area contributed by atoms with E-state index in [9.17, 15) is 4.79 Å². The van der Waals surface area contributed by atoms with Crippen molar-refractivity contribution in [2.24, 2.45) is 5.84 Å². The summed E-state index contributed by atoms with van der Waals surface area (Å²) in [5, 5.41) is 5.20. The lowest BCUT2D eigenvalue weighted by Crippen LogP contribution is -3.00. The lowest BCUT2D eigenvalue weighted by Gasteiger charge is -2.27. The van der Waals surface area contributed by atoms with Gasteiger partial charge in [-0.1, -0.05) is 80.9 Å². The largest absolute Gasteiger partial charge is 1.00 e. The number of halogens is 2. The molecule has 6 rings (SSSR count). The van der Waals surface area contributed by atoms with Crippen molar-refractivity contribution in [3.05, 3.63) is 108 Å². The van der Waals surface area contributed by atoms with Gasteiger partial charge in [0.2, 0.25) is 11.6 Å². The molecule has 0 spiro atoms. The monoisotopic (exact) mass is 642 g/mol. The second-order valence-electron chi connectivity index (χ2n) is 13.0. The van der Waals surface area contributed by atoms with Crippen molar-refractivity contribution in [2.45, 2.75) is 64.2 Å². The Labute approximate surface area is 279 Å².